The minimum Gasteiger partial charge on any atom is -0.480 e. The SMILES string of the molecule is CC1Cc2ccccc2NN(CC(=O)O)C1=O. The van der Waals surface area contributed by atoms with Gasteiger partial charge in [0.05, 0.1) is 5.69 Å². The lowest BCUT2D eigenvalue weighted by molar-refractivity contribution is -0.144. The van der Waals surface area contributed by atoms with E-state index >= 15 is 0 Å². The molecule has 0 saturated heterocycles. The van der Waals surface area contributed by atoms with E-state index in [9.17, 15) is 9.59 Å². The molecule has 5 heteroatoms. The topological polar surface area (TPSA) is 69.6 Å². The third-order valence-electron chi connectivity index (χ3n) is 2.78. The molecule has 90 valence electrons. The van der Waals surface area contributed by atoms with Gasteiger partial charge in [0.2, 0.25) is 5.91 Å². The Kier molecular flexibility index (Phi) is 2.99. The van der Waals surface area contributed by atoms with Crippen LogP contribution >= 0.6 is 0 Å². The van der Waals surface area contributed by atoms with Crippen LogP contribution in [0.3, 0.4) is 0 Å². The molecular formula is C12H14N2O3. The zero-order chi connectivity index (χ0) is 12.4. The van der Waals surface area contributed by atoms with E-state index in [2.05, 4.69) is 5.43 Å². The fraction of sp³-hybridized carbons (Fsp3) is 0.333. The van der Waals surface area contributed by atoms with Crippen molar-refractivity contribution in [2.24, 2.45) is 5.92 Å². The van der Waals surface area contributed by atoms with Crippen LogP contribution in [0.15, 0.2) is 24.3 Å². The van der Waals surface area contributed by atoms with Gasteiger partial charge in [-0.1, -0.05) is 25.1 Å². The van der Waals surface area contributed by atoms with Crippen molar-refractivity contribution in [2.75, 3.05) is 12.0 Å². The highest BCUT2D eigenvalue weighted by atomic mass is 16.4. The number of carbonyl (C=O) groups is 2. The first-order valence-electron chi connectivity index (χ1n) is 5.45. The predicted octanol–water partition coefficient (Wildman–Crippen LogP) is 1.12. The number of fused-ring (bicyclic) bond motifs is 1. The van der Waals surface area contributed by atoms with Gasteiger partial charge in [0.1, 0.15) is 6.54 Å². The fourth-order valence-corrected chi connectivity index (χ4v) is 1.94. The maximum atomic E-state index is 11.9. The third-order valence-corrected chi connectivity index (χ3v) is 2.78. The molecule has 1 unspecified atom stereocenters. The third kappa shape index (κ3) is 2.38. The predicted molar refractivity (Wildman–Crippen MR) is 62.3 cm³/mol. The molecule has 0 bridgehead atoms. The van der Waals surface area contributed by atoms with Crippen LogP contribution in [0.5, 0.6) is 0 Å². The van der Waals surface area contributed by atoms with Crippen molar-refractivity contribution in [2.45, 2.75) is 13.3 Å². The molecule has 1 amide bonds. The van der Waals surface area contributed by atoms with Crippen LogP contribution in [0.25, 0.3) is 0 Å². The van der Waals surface area contributed by atoms with Crippen LogP contribution in [0.1, 0.15) is 12.5 Å². The Labute approximate surface area is 99.0 Å². The van der Waals surface area contributed by atoms with Gasteiger partial charge >= 0.3 is 5.97 Å². The monoisotopic (exact) mass is 234 g/mol. The lowest BCUT2D eigenvalue weighted by Gasteiger charge is -2.22. The Hall–Kier alpha value is -2.04. The number of hydrogen-bond donors (Lipinski definition) is 2. The zero-order valence-electron chi connectivity index (χ0n) is 9.51. The summed E-state index contributed by atoms with van der Waals surface area (Å²) in [7, 11) is 0. The summed E-state index contributed by atoms with van der Waals surface area (Å²) in [6.07, 6.45) is 0.623. The van der Waals surface area contributed by atoms with Crippen LogP contribution in [0.4, 0.5) is 5.69 Å². The van der Waals surface area contributed by atoms with Gasteiger partial charge in [0.15, 0.2) is 0 Å². The molecule has 0 spiro atoms. The molecule has 5 nitrogen and oxygen atoms in total. The van der Waals surface area contributed by atoms with Gasteiger partial charge in [-0.05, 0) is 18.1 Å². The Balaban J connectivity index is 2.31. The quantitative estimate of drug-likeness (QED) is 0.804. The summed E-state index contributed by atoms with van der Waals surface area (Å²) in [6, 6.07) is 7.54. The number of para-hydroxylation sites is 1. The van der Waals surface area contributed by atoms with Crippen molar-refractivity contribution in [1.29, 1.82) is 0 Å². The number of nitrogens with one attached hydrogen (secondary N) is 1. The molecule has 0 aliphatic carbocycles. The first-order chi connectivity index (χ1) is 8.08. The van der Waals surface area contributed by atoms with Gasteiger partial charge in [-0.25, -0.2) is 5.01 Å². The lowest BCUT2D eigenvalue weighted by atomic mass is 10.00. The highest BCUT2D eigenvalue weighted by Crippen LogP contribution is 2.24. The molecule has 1 aliphatic heterocycles. The smallest absolute Gasteiger partial charge is 0.325 e. The normalized spacial score (nSPS) is 19.2. The van der Waals surface area contributed by atoms with Crippen LogP contribution in [-0.4, -0.2) is 28.5 Å². The standard InChI is InChI=1S/C12H14N2O3/c1-8-6-9-4-2-3-5-10(9)13-14(12(8)17)7-11(15)16/h2-5,8,13H,6-7H2,1H3,(H,15,16). The van der Waals surface area contributed by atoms with E-state index < -0.39 is 5.97 Å². The number of benzene rings is 1. The van der Waals surface area contributed by atoms with Crippen LogP contribution in [0.2, 0.25) is 0 Å². The summed E-state index contributed by atoms with van der Waals surface area (Å²) in [6.45, 7) is 1.47. The van der Waals surface area contributed by atoms with Crippen molar-refractivity contribution < 1.29 is 14.7 Å². The molecule has 1 aromatic carbocycles. The number of aliphatic carboxylic acids is 1. The summed E-state index contributed by atoms with van der Waals surface area (Å²) < 4.78 is 0. The van der Waals surface area contributed by atoms with E-state index in [-0.39, 0.29) is 18.4 Å². The number of carbonyl (C=O) groups excluding carboxylic acids is 1. The molecular weight excluding hydrogens is 220 g/mol. The second kappa shape index (κ2) is 4.45. The van der Waals surface area contributed by atoms with E-state index in [1.807, 2.05) is 24.3 Å². The number of amides is 1. The van der Waals surface area contributed by atoms with Gasteiger partial charge < -0.3 is 5.11 Å². The number of hydrazine groups is 1. The van der Waals surface area contributed by atoms with Crippen molar-refractivity contribution in [3.8, 4) is 0 Å². The average molecular weight is 234 g/mol. The molecule has 1 aromatic rings. The van der Waals surface area contributed by atoms with Crippen LogP contribution in [-0.2, 0) is 16.0 Å². The second-order valence-electron chi connectivity index (χ2n) is 4.19. The second-order valence-corrected chi connectivity index (χ2v) is 4.19. The van der Waals surface area contributed by atoms with Crippen molar-refractivity contribution >= 4 is 17.6 Å². The molecule has 2 N–H and O–H groups in total. The number of anilines is 1. The average Bonchev–Trinajstić information content (AvgIpc) is 2.38. The zero-order valence-corrected chi connectivity index (χ0v) is 9.51. The highest BCUT2D eigenvalue weighted by Gasteiger charge is 2.27. The molecule has 0 saturated carbocycles. The van der Waals surface area contributed by atoms with Crippen LogP contribution < -0.4 is 5.43 Å². The molecule has 1 heterocycles. The first-order valence-corrected chi connectivity index (χ1v) is 5.45. The number of nitrogens with zero attached hydrogens (tertiary/aromatic N) is 1. The molecule has 0 radical (unpaired) electrons. The van der Waals surface area contributed by atoms with Crippen molar-refractivity contribution in [3.05, 3.63) is 29.8 Å². The van der Waals surface area contributed by atoms with Gasteiger partial charge in [-0.3, -0.25) is 15.0 Å². The van der Waals surface area contributed by atoms with E-state index in [1.54, 1.807) is 6.92 Å². The molecule has 0 fully saturated rings. The number of carboxylic acids is 1. The number of hydrogen-bond acceptors (Lipinski definition) is 3. The Bertz CT molecular complexity index is 459. The molecule has 1 aliphatic rings. The first kappa shape index (κ1) is 11.4. The minimum absolute atomic E-state index is 0.191. The van der Waals surface area contributed by atoms with Crippen LogP contribution in [0, 0.1) is 5.92 Å². The largest absolute Gasteiger partial charge is 0.480 e. The molecule has 1 atom stereocenters. The summed E-state index contributed by atoms with van der Waals surface area (Å²) in [5.74, 6) is -1.44. The van der Waals surface area contributed by atoms with Crippen molar-refractivity contribution in [3.63, 3.8) is 0 Å². The summed E-state index contributed by atoms with van der Waals surface area (Å²) in [5.41, 5.74) is 4.70. The van der Waals surface area contributed by atoms with E-state index in [4.69, 9.17) is 5.11 Å². The number of carboxylic acid groups (broad SMARTS) is 1. The summed E-state index contributed by atoms with van der Waals surface area (Å²) in [5, 5.41) is 9.94. The molecule has 17 heavy (non-hydrogen) atoms. The highest BCUT2D eigenvalue weighted by molar-refractivity contribution is 5.85. The fourth-order valence-electron chi connectivity index (χ4n) is 1.94. The molecule has 0 aromatic heterocycles. The lowest BCUT2D eigenvalue weighted by Crippen LogP contribution is -2.41. The van der Waals surface area contributed by atoms with E-state index in [0.717, 1.165) is 11.3 Å². The summed E-state index contributed by atoms with van der Waals surface area (Å²) >= 11 is 0. The van der Waals surface area contributed by atoms with E-state index in [1.165, 1.54) is 5.01 Å². The van der Waals surface area contributed by atoms with Gasteiger partial charge in [-0.15, -0.1) is 0 Å². The summed E-state index contributed by atoms with van der Waals surface area (Å²) in [4.78, 5) is 22.7. The van der Waals surface area contributed by atoms with Gasteiger partial charge in [-0.2, -0.15) is 0 Å². The molecule has 2 rings (SSSR count). The Morgan fingerprint density at radius 1 is 1.53 bits per heavy atom. The van der Waals surface area contributed by atoms with Crippen molar-refractivity contribution in [1.82, 2.24) is 5.01 Å². The minimum atomic E-state index is -1.03. The van der Waals surface area contributed by atoms with Gasteiger partial charge in [0.25, 0.3) is 0 Å². The van der Waals surface area contributed by atoms with Gasteiger partial charge in [0, 0.05) is 5.92 Å². The Morgan fingerprint density at radius 3 is 2.94 bits per heavy atom. The Morgan fingerprint density at radius 2 is 2.24 bits per heavy atom. The number of rotatable bonds is 2. The maximum absolute atomic E-state index is 11.9. The van der Waals surface area contributed by atoms with E-state index in [0.29, 0.717) is 6.42 Å². The maximum Gasteiger partial charge on any atom is 0.325 e.